The van der Waals surface area contributed by atoms with Gasteiger partial charge in [-0.3, -0.25) is 9.20 Å². The van der Waals surface area contributed by atoms with E-state index in [2.05, 4.69) is 15.6 Å². The first-order valence-electron chi connectivity index (χ1n) is 10.5. The van der Waals surface area contributed by atoms with E-state index in [0.717, 1.165) is 5.56 Å². The lowest BCUT2D eigenvalue weighted by atomic mass is 10.2. The van der Waals surface area contributed by atoms with Crippen LogP contribution in [0.3, 0.4) is 0 Å². The van der Waals surface area contributed by atoms with E-state index in [-0.39, 0.29) is 12.2 Å². The number of fused-ring (bicyclic) bond motifs is 1. The fourth-order valence-electron chi connectivity index (χ4n) is 3.43. The minimum atomic E-state index is -0.457. The molecule has 2 amide bonds. The average molecular weight is 460 g/mol. The summed E-state index contributed by atoms with van der Waals surface area (Å²) in [5.74, 6) is 1.50. The predicted octanol–water partition coefficient (Wildman–Crippen LogP) is 4.24. The standard InChI is InChI=1S/C25H24N4O5/c1-16-7-6-12-29-23(30)14-18(26-24(16)29)15-34-20-9-5-4-8-19(20)28-25(31)27-17-10-11-21(32-2)22(13-17)33-3/h4-14H,15H2,1-3H3,(H2,27,28,31). The number of benzene rings is 2. The van der Waals surface area contributed by atoms with Crippen LogP contribution in [-0.4, -0.2) is 29.6 Å². The third kappa shape index (κ3) is 4.93. The molecule has 0 atom stereocenters. The number of hydrogen-bond donors (Lipinski definition) is 2. The molecule has 174 valence electrons. The first-order chi connectivity index (χ1) is 16.5. The molecule has 0 spiro atoms. The molecule has 9 nitrogen and oxygen atoms in total. The highest BCUT2D eigenvalue weighted by atomic mass is 16.5. The lowest BCUT2D eigenvalue weighted by molar-refractivity contribution is 0.261. The molecule has 0 saturated heterocycles. The van der Waals surface area contributed by atoms with Gasteiger partial charge in [-0.15, -0.1) is 0 Å². The van der Waals surface area contributed by atoms with E-state index in [0.29, 0.717) is 40.0 Å². The van der Waals surface area contributed by atoms with Crippen molar-refractivity contribution in [2.75, 3.05) is 24.9 Å². The molecule has 0 radical (unpaired) electrons. The summed E-state index contributed by atoms with van der Waals surface area (Å²) in [5, 5.41) is 5.53. The highest BCUT2D eigenvalue weighted by Gasteiger charge is 2.11. The molecule has 0 aliphatic carbocycles. The minimum absolute atomic E-state index is 0.0655. The van der Waals surface area contributed by atoms with Crippen molar-refractivity contribution in [2.45, 2.75) is 13.5 Å². The van der Waals surface area contributed by atoms with Gasteiger partial charge in [-0.25, -0.2) is 9.78 Å². The summed E-state index contributed by atoms with van der Waals surface area (Å²) in [5.41, 5.74) is 2.76. The van der Waals surface area contributed by atoms with Crippen LogP contribution >= 0.6 is 0 Å². The van der Waals surface area contributed by atoms with Gasteiger partial charge in [0.1, 0.15) is 18.0 Å². The number of aryl methyl sites for hydroxylation is 1. The number of amides is 2. The van der Waals surface area contributed by atoms with Crippen LogP contribution in [0, 0.1) is 6.92 Å². The largest absolute Gasteiger partial charge is 0.493 e. The zero-order valence-corrected chi connectivity index (χ0v) is 19.0. The van der Waals surface area contributed by atoms with Gasteiger partial charge in [0.05, 0.1) is 25.6 Å². The van der Waals surface area contributed by atoms with Gasteiger partial charge in [0, 0.05) is 24.0 Å². The van der Waals surface area contributed by atoms with E-state index < -0.39 is 6.03 Å². The molecule has 0 unspecified atom stereocenters. The summed E-state index contributed by atoms with van der Waals surface area (Å²) in [7, 11) is 3.06. The SMILES string of the molecule is COc1ccc(NC(=O)Nc2ccccc2OCc2cc(=O)n3cccc(C)c3n2)cc1OC. The molecule has 2 N–H and O–H groups in total. The van der Waals surface area contributed by atoms with Gasteiger partial charge >= 0.3 is 6.03 Å². The van der Waals surface area contributed by atoms with Gasteiger partial charge in [0.15, 0.2) is 11.5 Å². The molecule has 0 bridgehead atoms. The molecule has 0 aliphatic rings. The zero-order valence-electron chi connectivity index (χ0n) is 19.0. The number of nitrogens with one attached hydrogen (secondary N) is 2. The van der Waals surface area contributed by atoms with Crippen LogP contribution in [0.5, 0.6) is 17.2 Å². The highest BCUT2D eigenvalue weighted by molar-refractivity contribution is 6.00. The molecule has 2 heterocycles. The summed E-state index contributed by atoms with van der Waals surface area (Å²) in [6.07, 6.45) is 1.68. The van der Waals surface area contributed by atoms with Crippen LogP contribution in [0.2, 0.25) is 0 Å². The number of rotatable bonds is 7. The van der Waals surface area contributed by atoms with Crippen molar-refractivity contribution < 1.29 is 19.0 Å². The lowest BCUT2D eigenvalue weighted by Gasteiger charge is -2.14. The second kappa shape index (κ2) is 9.95. The Morgan fingerprint density at radius 1 is 0.941 bits per heavy atom. The number of carbonyl (C=O) groups excluding carboxylic acids is 1. The summed E-state index contributed by atoms with van der Waals surface area (Å²) < 4.78 is 17.9. The maximum absolute atomic E-state index is 12.6. The van der Waals surface area contributed by atoms with E-state index >= 15 is 0 Å². The summed E-state index contributed by atoms with van der Waals surface area (Å²) in [4.78, 5) is 29.5. The molecule has 0 fully saturated rings. The first-order valence-corrected chi connectivity index (χ1v) is 10.5. The number of hydrogen-bond acceptors (Lipinski definition) is 6. The normalized spacial score (nSPS) is 10.6. The maximum atomic E-state index is 12.6. The smallest absolute Gasteiger partial charge is 0.323 e. The topological polar surface area (TPSA) is 103 Å². The van der Waals surface area contributed by atoms with Crippen LogP contribution < -0.4 is 30.4 Å². The van der Waals surface area contributed by atoms with Gasteiger partial charge in [-0.2, -0.15) is 0 Å². The number of urea groups is 1. The Morgan fingerprint density at radius 3 is 2.53 bits per heavy atom. The predicted molar refractivity (Wildman–Crippen MR) is 129 cm³/mol. The second-order valence-electron chi connectivity index (χ2n) is 7.40. The lowest BCUT2D eigenvalue weighted by Crippen LogP contribution is -2.20. The molecular formula is C25H24N4O5. The molecule has 0 aliphatic heterocycles. The Kier molecular flexibility index (Phi) is 6.63. The Labute approximate surface area is 195 Å². The van der Waals surface area contributed by atoms with Gasteiger partial charge in [-0.05, 0) is 42.8 Å². The monoisotopic (exact) mass is 460 g/mol. The van der Waals surface area contributed by atoms with Gasteiger partial charge < -0.3 is 24.8 Å². The average Bonchev–Trinajstić information content (AvgIpc) is 2.84. The number of ether oxygens (including phenoxy) is 3. The van der Waals surface area contributed by atoms with Crippen molar-refractivity contribution in [1.82, 2.24) is 9.38 Å². The molecule has 4 aromatic rings. The van der Waals surface area contributed by atoms with Crippen LogP contribution in [0.25, 0.3) is 5.65 Å². The van der Waals surface area contributed by atoms with Gasteiger partial charge in [0.2, 0.25) is 0 Å². The number of para-hydroxylation sites is 2. The van der Waals surface area contributed by atoms with Crippen LogP contribution in [0.1, 0.15) is 11.3 Å². The molecule has 2 aromatic carbocycles. The third-order valence-electron chi connectivity index (χ3n) is 5.09. The molecule has 9 heteroatoms. The van der Waals surface area contributed by atoms with Crippen LogP contribution in [0.15, 0.2) is 71.7 Å². The Balaban J connectivity index is 1.47. The first kappa shape index (κ1) is 22.7. The summed E-state index contributed by atoms with van der Waals surface area (Å²) >= 11 is 0. The maximum Gasteiger partial charge on any atom is 0.323 e. The fraction of sp³-hybridized carbons (Fsp3) is 0.160. The Hall–Kier alpha value is -4.53. The number of methoxy groups -OCH3 is 2. The van der Waals surface area contributed by atoms with Crippen molar-refractivity contribution in [3.63, 3.8) is 0 Å². The quantitative estimate of drug-likeness (QED) is 0.428. The van der Waals surface area contributed by atoms with Crippen molar-refractivity contribution >= 4 is 23.1 Å². The molecule has 0 saturated carbocycles. The molecule has 4 rings (SSSR count). The van der Waals surface area contributed by atoms with Gasteiger partial charge in [-0.1, -0.05) is 18.2 Å². The number of pyridine rings is 1. The second-order valence-corrected chi connectivity index (χ2v) is 7.40. The van der Waals surface area contributed by atoms with Crippen molar-refractivity contribution in [3.8, 4) is 17.2 Å². The summed E-state index contributed by atoms with van der Waals surface area (Å²) in [6, 6.07) is 16.8. The van der Waals surface area contributed by atoms with E-state index in [1.54, 1.807) is 61.8 Å². The van der Waals surface area contributed by atoms with E-state index in [4.69, 9.17) is 14.2 Å². The van der Waals surface area contributed by atoms with E-state index in [9.17, 15) is 9.59 Å². The van der Waals surface area contributed by atoms with Crippen LogP contribution in [0.4, 0.5) is 16.2 Å². The third-order valence-corrected chi connectivity index (χ3v) is 5.09. The van der Waals surface area contributed by atoms with Crippen molar-refractivity contribution in [1.29, 1.82) is 0 Å². The van der Waals surface area contributed by atoms with Crippen molar-refractivity contribution in [3.05, 3.63) is 88.5 Å². The number of carbonyl (C=O) groups is 1. The number of aromatic nitrogens is 2. The fourth-order valence-corrected chi connectivity index (χ4v) is 3.43. The van der Waals surface area contributed by atoms with Crippen LogP contribution in [-0.2, 0) is 6.61 Å². The van der Waals surface area contributed by atoms with Crippen molar-refractivity contribution in [2.24, 2.45) is 0 Å². The molecule has 2 aromatic heterocycles. The Morgan fingerprint density at radius 2 is 1.74 bits per heavy atom. The van der Waals surface area contributed by atoms with E-state index in [1.165, 1.54) is 17.6 Å². The minimum Gasteiger partial charge on any atom is -0.493 e. The highest BCUT2D eigenvalue weighted by Crippen LogP contribution is 2.30. The zero-order chi connectivity index (χ0) is 24.1. The summed E-state index contributed by atoms with van der Waals surface area (Å²) in [6.45, 7) is 1.96. The van der Waals surface area contributed by atoms with E-state index in [1.807, 2.05) is 13.0 Å². The number of nitrogens with zero attached hydrogens (tertiary/aromatic N) is 2. The Bertz CT molecular complexity index is 1400. The van der Waals surface area contributed by atoms with Gasteiger partial charge in [0.25, 0.3) is 5.56 Å². The molecule has 34 heavy (non-hydrogen) atoms. The molecular weight excluding hydrogens is 436 g/mol. The number of anilines is 2.